The number of hydrogen-bond donors (Lipinski definition) is 1. The zero-order chi connectivity index (χ0) is 16.0. The molecule has 1 amide bonds. The van der Waals surface area contributed by atoms with Gasteiger partial charge in [0.05, 0.1) is 5.54 Å². The Labute approximate surface area is 138 Å². The maximum absolute atomic E-state index is 12.4. The van der Waals surface area contributed by atoms with Crippen molar-refractivity contribution in [1.82, 2.24) is 10.3 Å². The zero-order valence-corrected chi connectivity index (χ0v) is 13.5. The van der Waals surface area contributed by atoms with Crippen molar-refractivity contribution < 1.29 is 4.79 Å². The highest BCUT2D eigenvalue weighted by molar-refractivity contribution is 5.77. The van der Waals surface area contributed by atoms with Gasteiger partial charge in [-0.25, -0.2) is 0 Å². The SMILES string of the molecule is O=C(CCCc1ccncc1)NC1(c2ccccc2)CCCC1. The molecule has 3 rings (SSSR count). The number of aryl methyl sites for hydroxylation is 1. The molecule has 1 aliphatic rings. The second kappa shape index (κ2) is 7.40. The Balaban J connectivity index is 1.57. The molecular weight excluding hydrogens is 284 g/mol. The number of nitrogens with zero attached hydrogens (tertiary/aromatic N) is 1. The van der Waals surface area contributed by atoms with Gasteiger partial charge in [-0.15, -0.1) is 0 Å². The largest absolute Gasteiger partial charge is 0.347 e. The van der Waals surface area contributed by atoms with E-state index in [1.165, 1.54) is 24.0 Å². The molecule has 120 valence electrons. The first kappa shape index (κ1) is 15.7. The van der Waals surface area contributed by atoms with Crippen LogP contribution in [-0.2, 0) is 16.8 Å². The van der Waals surface area contributed by atoms with Crippen LogP contribution >= 0.6 is 0 Å². The summed E-state index contributed by atoms with van der Waals surface area (Å²) in [5.74, 6) is 0.171. The molecule has 1 aromatic carbocycles. The van der Waals surface area contributed by atoms with E-state index in [1.807, 2.05) is 18.2 Å². The summed E-state index contributed by atoms with van der Waals surface area (Å²) in [4.78, 5) is 16.5. The van der Waals surface area contributed by atoms with Crippen LogP contribution in [0.5, 0.6) is 0 Å². The van der Waals surface area contributed by atoms with Gasteiger partial charge in [-0.2, -0.15) is 0 Å². The zero-order valence-electron chi connectivity index (χ0n) is 13.5. The lowest BCUT2D eigenvalue weighted by Gasteiger charge is -2.31. The molecule has 0 saturated heterocycles. The second-order valence-electron chi connectivity index (χ2n) is 6.41. The molecule has 1 aromatic heterocycles. The van der Waals surface area contributed by atoms with Gasteiger partial charge in [-0.3, -0.25) is 9.78 Å². The van der Waals surface area contributed by atoms with Gasteiger partial charge in [0, 0.05) is 18.8 Å². The number of pyridine rings is 1. The summed E-state index contributed by atoms with van der Waals surface area (Å²) < 4.78 is 0. The van der Waals surface area contributed by atoms with E-state index in [1.54, 1.807) is 12.4 Å². The second-order valence-corrected chi connectivity index (χ2v) is 6.41. The van der Waals surface area contributed by atoms with Gasteiger partial charge in [0.15, 0.2) is 0 Å². The number of carbonyl (C=O) groups is 1. The number of rotatable bonds is 6. The van der Waals surface area contributed by atoms with E-state index in [2.05, 4.69) is 34.6 Å². The predicted octanol–water partition coefficient (Wildman–Crippen LogP) is 3.99. The van der Waals surface area contributed by atoms with Gasteiger partial charge in [-0.1, -0.05) is 43.2 Å². The topological polar surface area (TPSA) is 42.0 Å². The molecule has 0 spiro atoms. The van der Waals surface area contributed by atoms with Crippen LogP contribution < -0.4 is 5.32 Å². The Morgan fingerprint density at radius 1 is 1.04 bits per heavy atom. The Hall–Kier alpha value is -2.16. The van der Waals surface area contributed by atoms with E-state index in [4.69, 9.17) is 0 Å². The third-order valence-electron chi connectivity index (χ3n) is 4.78. The molecule has 0 atom stereocenters. The normalized spacial score (nSPS) is 16.2. The highest BCUT2D eigenvalue weighted by Gasteiger charge is 2.36. The first-order valence-electron chi connectivity index (χ1n) is 8.54. The lowest BCUT2D eigenvalue weighted by atomic mass is 9.88. The molecule has 3 nitrogen and oxygen atoms in total. The molecule has 2 aromatic rings. The fourth-order valence-corrected chi connectivity index (χ4v) is 3.55. The number of carbonyl (C=O) groups excluding carboxylic acids is 1. The lowest BCUT2D eigenvalue weighted by molar-refractivity contribution is -0.123. The fraction of sp³-hybridized carbons (Fsp3) is 0.400. The summed E-state index contributed by atoms with van der Waals surface area (Å²) >= 11 is 0. The summed E-state index contributed by atoms with van der Waals surface area (Å²) in [6.07, 6.45) is 10.5. The van der Waals surface area contributed by atoms with Crippen LogP contribution in [0.15, 0.2) is 54.9 Å². The molecule has 3 heteroatoms. The number of benzene rings is 1. The van der Waals surface area contributed by atoms with Crippen molar-refractivity contribution in [1.29, 1.82) is 0 Å². The van der Waals surface area contributed by atoms with Crippen LogP contribution in [-0.4, -0.2) is 10.9 Å². The van der Waals surface area contributed by atoms with Gasteiger partial charge in [0.25, 0.3) is 0 Å². The standard InChI is InChI=1S/C20H24N2O/c23-19(10-6-7-17-11-15-21-16-12-17)22-20(13-4-5-14-20)18-8-2-1-3-9-18/h1-3,8-9,11-12,15-16H,4-7,10,13-14H2,(H,22,23). The summed E-state index contributed by atoms with van der Waals surface area (Å²) in [6, 6.07) is 14.5. The van der Waals surface area contributed by atoms with Crippen LogP contribution in [0.4, 0.5) is 0 Å². The average molecular weight is 308 g/mol. The van der Waals surface area contributed by atoms with Gasteiger partial charge >= 0.3 is 0 Å². The summed E-state index contributed by atoms with van der Waals surface area (Å²) in [7, 11) is 0. The number of hydrogen-bond acceptors (Lipinski definition) is 2. The molecule has 1 saturated carbocycles. The Morgan fingerprint density at radius 2 is 1.74 bits per heavy atom. The molecule has 1 N–H and O–H groups in total. The van der Waals surface area contributed by atoms with E-state index in [0.29, 0.717) is 6.42 Å². The highest BCUT2D eigenvalue weighted by atomic mass is 16.1. The average Bonchev–Trinajstić information content (AvgIpc) is 3.06. The first-order chi connectivity index (χ1) is 11.3. The van der Waals surface area contributed by atoms with Crippen LogP contribution in [0, 0.1) is 0 Å². The van der Waals surface area contributed by atoms with E-state index < -0.39 is 0 Å². The van der Waals surface area contributed by atoms with E-state index in [9.17, 15) is 4.79 Å². The highest BCUT2D eigenvalue weighted by Crippen LogP contribution is 2.38. The third kappa shape index (κ3) is 3.98. The van der Waals surface area contributed by atoms with Crippen molar-refractivity contribution in [3.8, 4) is 0 Å². The van der Waals surface area contributed by atoms with Crippen LogP contribution in [0.1, 0.15) is 49.7 Å². The maximum Gasteiger partial charge on any atom is 0.220 e. The maximum atomic E-state index is 12.4. The van der Waals surface area contributed by atoms with Crippen LogP contribution in [0.3, 0.4) is 0 Å². The molecule has 0 radical (unpaired) electrons. The van der Waals surface area contributed by atoms with Gasteiger partial charge in [0.1, 0.15) is 0 Å². The quantitative estimate of drug-likeness (QED) is 0.876. The lowest BCUT2D eigenvalue weighted by Crippen LogP contribution is -2.43. The molecule has 1 heterocycles. The summed E-state index contributed by atoms with van der Waals surface area (Å²) in [5.41, 5.74) is 2.35. The Bertz CT molecular complexity index is 619. The minimum absolute atomic E-state index is 0.144. The smallest absolute Gasteiger partial charge is 0.220 e. The van der Waals surface area contributed by atoms with Crippen molar-refractivity contribution >= 4 is 5.91 Å². The van der Waals surface area contributed by atoms with E-state index in [-0.39, 0.29) is 11.4 Å². The molecule has 0 aliphatic heterocycles. The van der Waals surface area contributed by atoms with Crippen LogP contribution in [0.25, 0.3) is 0 Å². The number of amides is 1. The molecule has 0 unspecified atom stereocenters. The van der Waals surface area contributed by atoms with Gasteiger partial charge < -0.3 is 5.32 Å². The minimum atomic E-state index is -0.144. The Morgan fingerprint density at radius 3 is 2.43 bits per heavy atom. The van der Waals surface area contributed by atoms with E-state index >= 15 is 0 Å². The van der Waals surface area contributed by atoms with Crippen molar-refractivity contribution in [3.05, 3.63) is 66.0 Å². The monoisotopic (exact) mass is 308 g/mol. The summed E-state index contributed by atoms with van der Waals surface area (Å²) in [6.45, 7) is 0. The van der Waals surface area contributed by atoms with Gasteiger partial charge in [0.2, 0.25) is 5.91 Å². The molecule has 23 heavy (non-hydrogen) atoms. The van der Waals surface area contributed by atoms with Crippen LogP contribution in [0.2, 0.25) is 0 Å². The van der Waals surface area contributed by atoms with E-state index in [0.717, 1.165) is 25.7 Å². The third-order valence-corrected chi connectivity index (χ3v) is 4.78. The van der Waals surface area contributed by atoms with Crippen molar-refractivity contribution in [2.75, 3.05) is 0 Å². The Kier molecular flexibility index (Phi) is 5.06. The molecule has 1 fully saturated rings. The summed E-state index contributed by atoms with van der Waals surface area (Å²) in [5, 5.41) is 3.34. The molecular formula is C20H24N2O. The first-order valence-corrected chi connectivity index (χ1v) is 8.54. The molecule has 1 aliphatic carbocycles. The minimum Gasteiger partial charge on any atom is -0.347 e. The molecule has 0 bridgehead atoms. The number of nitrogens with one attached hydrogen (secondary N) is 1. The number of aromatic nitrogens is 1. The van der Waals surface area contributed by atoms with Gasteiger partial charge in [-0.05, 0) is 48.9 Å². The van der Waals surface area contributed by atoms with Crippen molar-refractivity contribution in [2.24, 2.45) is 0 Å². The fourth-order valence-electron chi connectivity index (χ4n) is 3.55. The van der Waals surface area contributed by atoms with Crippen molar-refractivity contribution in [2.45, 2.75) is 50.5 Å². The predicted molar refractivity (Wildman–Crippen MR) is 91.9 cm³/mol. The van der Waals surface area contributed by atoms with Crippen molar-refractivity contribution in [3.63, 3.8) is 0 Å².